The van der Waals surface area contributed by atoms with Gasteiger partial charge >= 0.3 is 5.97 Å². The lowest BCUT2D eigenvalue weighted by Gasteiger charge is -2.38. The molecule has 164 valence electrons. The number of phenolic OH excluding ortho intramolecular Hbond substituents is 1. The largest absolute Gasteiger partial charge is 0.508 e. The summed E-state index contributed by atoms with van der Waals surface area (Å²) in [5, 5.41) is 48.1. The summed E-state index contributed by atoms with van der Waals surface area (Å²) >= 11 is 0. The van der Waals surface area contributed by atoms with Crippen LogP contribution in [0.2, 0.25) is 0 Å². The van der Waals surface area contributed by atoms with Crippen molar-refractivity contribution in [2.75, 3.05) is 0 Å². The molecule has 1 aliphatic rings. The first kappa shape index (κ1) is 22.5. The third-order valence-electron chi connectivity index (χ3n) is 4.99. The van der Waals surface area contributed by atoms with Crippen LogP contribution >= 0.6 is 0 Å². The molecule has 0 amide bonds. The van der Waals surface area contributed by atoms with Crippen molar-refractivity contribution in [2.24, 2.45) is 0 Å². The highest BCUT2D eigenvalue weighted by Gasteiger charge is 2.48. The number of carboxylic acid groups (broad SMARTS) is 1. The van der Waals surface area contributed by atoms with Crippen LogP contribution in [0.5, 0.6) is 11.5 Å². The zero-order chi connectivity index (χ0) is 22.5. The van der Waals surface area contributed by atoms with Crippen molar-refractivity contribution >= 4 is 12.0 Å². The molecule has 31 heavy (non-hydrogen) atoms. The number of hydrogen-bond donors (Lipinski definition) is 5. The van der Waals surface area contributed by atoms with Crippen LogP contribution in [0.3, 0.4) is 0 Å². The maximum atomic E-state index is 11.4. The number of aliphatic carboxylic acids is 1. The highest BCUT2D eigenvalue weighted by atomic mass is 16.7. The van der Waals surface area contributed by atoms with E-state index in [1.54, 1.807) is 42.5 Å². The molecule has 3 rings (SSSR count). The zero-order valence-electron chi connectivity index (χ0n) is 16.5. The lowest BCUT2D eigenvalue weighted by molar-refractivity contribution is -0.275. The molecule has 6 atom stereocenters. The van der Waals surface area contributed by atoms with Crippen molar-refractivity contribution in [1.29, 1.82) is 0 Å². The molecule has 0 bridgehead atoms. The number of phenols is 1. The number of carboxylic acids is 1. The molecule has 1 saturated heterocycles. The normalized spacial score (nSPS) is 27.0. The fourth-order valence-electron chi connectivity index (χ4n) is 3.23. The summed E-state index contributed by atoms with van der Waals surface area (Å²) in [4.78, 5) is 11.4. The third-order valence-corrected chi connectivity index (χ3v) is 4.99. The Hall–Kier alpha value is -3.17. The van der Waals surface area contributed by atoms with Crippen molar-refractivity contribution in [2.45, 2.75) is 36.6 Å². The molecule has 2 aromatic rings. The van der Waals surface area contributed by atoms with E-state index in [9.17, 15) is 30.3 Å². The Bertz CT molecular complexity index is 922. The van der Waals surface area contributed by atoms with Crippen molar-refractivity contribution < 1.29 is 39.8 Å². The number of carbonyl (C=O) groups is 1. The van der Waals surface area contributed by atoms with Crippen molar-refractivity contribution in [3.8, 4) is 11.5 Å². The standard InChI is InChI=1S/C23H24O8/c1-2-14(15-7-9-16(24)10-8-15)6-3-13-4-11-17(12-5-13)30-20-18(25)19(26)23(29)31-21(20)22(27)28/h2-12,14,18-21,23-26,29H,1H2,(H,27,28). The van der Waals surface area contributed by atoms with E-state index in [2.05, 4.69) is 6.58 Å². The summed E-state index contributed by atoms with van der Waals surface area (Å²) in [5.41, 5.74) is 1.81. The topological polar surface area (TPSA) is 137 Å². The lowest BCUT2D eigenvalue weighted by Crippen LogP contribution is -2.61. The van der Waals surface area contributed by atoms with Crippen LogP contribution in [0, 0.1) is 0 Å². The van der Waals surface area contributed by atoms with Crippen LogP contribution in [0.15, 0.2) is 67.3 Å². The minimum atomic E-state index is -1.82. The molecule has 1 fully saturated rings. The second kappa shape index (κ2) is 9.76. The Balaban J connectivity index is 1.70. The molecule has 0 aromatic heterocycles. The van der Waals surface area contributed by atoms with Gasteiger partial charge in [-0.2, -0.15) is 0 Å². The van der Waals surface area contributed by atoms with Gasteiger partial charge in [-0.25, -0.2) is 4.79 Å². The molecule has 8 heteroatoms. The molecular formula is C23H24O8. The van der Waals surface area contributed by atoms with E-state index in [1.165, 1.54) is 0 Å². The van der Waals surface area contributed by atoms with Gasteiger partial charge < -0.3 is 35.0 Å². The SMILES string of the molecule is C=CC(C=Cc1ccc(OC2C(C(=O)O)OC(O)C(O)C2O)cc1)c1ccc(O)cc1. The van der Waals surface area contributed by atoms with Crippen LogP contribution in [-0.2, 0) is 9.53 Å². The number of aromatic hydroxyl groups is 1. The molecule has 0 spiro atoms. The number of aliphatic hydroxyl groups excluding tert-OH is 3. The molecule has 0 aliphatic carbocycles. The maximum absolute atomic E-state index is 11.4. The molecule has 5 N–H and O–H groups in total. The Labute approximate surface area is 178 Å². The fourth-order valence-corrected chi connectivity index (χ4v) is 3.23. The summed E-state index contributed by atoms with van der Waals surface area (Å²) in [7, 11) is 0. The Morgan fingerprint density at radius 3 is 2.26 bits per heavy atom. The minimum Gasteiger partial charge on any atom is -0.508 e. The Morgan fingerprint density at radius 2 is 1.68 bits per heavy atom. The number of hydrogen-bond acceptors (Lipinski definition) is 7. The molecule has 0 saturated carbocycles. The Kier molecular flexibility index (Phi) is 7.09. The second-order valence-electron chi connectivity index (χ2n) is 7.13. The summed E-state index contributed by atoms with van der Waals surface area (Å²) in [5.74, 6) is -1.04. The van der Waals surface area contributed by atoms with Crippen LogP contribution < -0.4 is 4.74 Å². The smallest absolute Gasteiger partial charge is 0.336 e. The van der Waals surface area contributed by atoms with E-state index in [-0.39, 0.29) is 17.4 Å². The number of rotatable bonds is 7. The molecule has 6 unspecified atom stereocenters. The van der Waals surface area contributed by atoms with Crippen molar-refractivity contribution in [1.82, 2.24) is 0 Å². The van der Waals surface area contributed by atoms with E-state index in [0.717, 1.165) is 11.1 Å². The van der Waals surface area contributed by atoms with Gasteiger partial charge in [0.05, 0.1) is 0 Å². The minimum absolute atomic E-state index is 0.0599. The lowest BCUT2D eigenvalue weighted by atomic mass is 9.97. The molecule has 0 radical (unpaired) electrons. The predicted molar refractivity (Wildman–Crippen MR) is 111 cm³/mol. The number of ether oxygens (including phenoxy) is 2. The van der Waals surface area contributed by atoms with Gasteiger partial charge in [0.1, 0.15) is 23.7 Å². The summed E-state index contributed by atoms with van der Waals surface area (Å²) in [6.45, 7) is 3.84. The van der Waals surface area contributed by atoms with E-state index in [1.807, 2.05) is 24.3 Å². The van der Waals surface area contributed by atoms with Crippen LogP contribution in [-0.4, -0.2) is 62.2 Å². The quantitative estimate of drug-likeness (QED) is 0.420. The van der Waals surface area contributed by atoms with E-state index >= 15 is 0 Å². The summed E-state index contributed by atoms with van der Waals surface area (Å²) in [6, 6.07) is 13.5. The monoisotopic (exact) mass is 428 g/mol. The van der Waals surface area contributed by atoms with Crippen molar-refractivity contribution in [3.05, 3.63) is 78.4 Å². The molecule has 8 nitrogen and oxygen atoms in total. The van der Waals surface area contributed by atoms with Gasteiger partial charge in [0.15, 0.2) is 18.5 Å². The average Bonchev–Trinajstić information content (AvgIpc) is 2.76. The van der Waals surface area contributed by atoms with E-state index in [0.29, 0.717) is 0 Å². The van der Waals surface area contributed by atoms with Gasteiger partial charge in [0.2, 0.25) is 0 Å². The number of aliphatic hydroxyl groups is 3. The maximum Gasteiger partial charge on any atom is 0.336 e. The zero-order valence-corrected chi connectivity index (χ0v) is 16.5. The first-order chi connectivity index (χ1) is 14.8. The van der Waals surface area contributed by atoms with E-state index in [4.69, 9.17) is 9.47 Å². The summed E-state index contributed by atoms with van der Waals surface area (Å²) in [6.07, 6.45) is -2.63. The highest BCUT2D eigenvalue weighted by molar-refractivity contribution is 5.73. The van der Waals surface area contributed by atoms with Crippen LogP contribution in [0.25, 0.3) is 6.08 Å². The average molecular weight is 428 g/mol. The Morgan fingerprint density at radius 1 is 1.03 bits per heavy atom. The second-order valence-corrected chi connectivity index (χ2v) is 7.13. The van der Waals surface area contributed by atoms with Gasteiger partial charge in [-0.3, -0.25) is 0 Å². The fraction of sp³-hybridized carbons (Fsp3) is 0.261. The van der Waals surface area contributed by atoms with Gasteiger partial charge in [-0.05, 0) is 35.4 Å². The van der Waals surface area contributed by atoms with Gasteiger partial charge in [-0.15, -0.1) is 6.58 Å². The van der Waals surface area contributed by atoms with Crippen LogP contribution in [0.4, 0.5) is 0 Å². The molecule has 1 heterocycles. The molecular weight excluding hydrogens is 404 g/mol. The van der Waals surface area contributed by atoms with Gasteiger partial charge in [0, 0.05) is 5.92 Å². The van der Waals surface area contributed by atoms with Crippen LogP contribution in [0.1, 0.15) is 17.0 Å². The predicted octanol–water partition coefficient (Wildman–Crippen LogP) is 1.65. The number of benzene rings is 2. The first-order valence-electron chi connectivity index (χ1n) is 9.59. The highest BCUT2D eigenvalue weighted by Crippen LogP contribution is 2.26. The summed E-state index contributed by atoms with van der Waals surface area (Å²) < 4.78 is 10.4. The van der Waals surface area contributed by atoms with Crippen molar-refractivity contribution in [3.63, 3.8) is 0 Å². The first-order valence-corrected chi connectivity index (χ1v) is 9.59. The number of allylic oxidation sites excluding steroid dienone is 2. The van der Waals surface area contributed by atoms with E-state index < -0.39 is 36.7 Å². The molecule has 1 aliphatic heterocycles. The molecule has 2 aromatic carbocycles. The third kappa shape index (κ3) is 5.31. The van der Waals surface area contributed by atoms with Gasteiger partial charge in [0.25, 0.3) is 0 Å². The van der Waals surface area contributed by atoms with Gasteiger partial charge in [-0.1, -0.05) is 42.5 Å².